The molecule has 0 spiro atoms. The van der Waals surface area contributed by atoms with Crippen molar-refractivity contribution in [2.45, 2.75) is 18.0 Å². The molecule has 1 rings (SSSR count). The van der Waals surface area contributed by atoms with Gasteiger partial charge in [0.25, 0.3) is 0 Å². The van der Waals surface area contributed by atoms with Crippen LogP contribution in [0.15, 0.2) is 39.9 Å². The Hall–Kier alpha value is -1.52. The van der Waals surface area contributed by atoms with Crippen LogP contribution in [0.3, 0.4) is 0 Å². The van der Waals surface area contributed by atoms with Crippen molar-refractivity contribution in [1.82, 2.24) is 0 Å². The fourth-order valence-electron chi connectivity index (χ4n) is 1.61. The van der Waals surface area contributed by atoms with Gasteiger partial charge in [-0.2, -0.15) is 17.7 Å². The topological polar surface area (TPSA) is 92.8 Å². The van der Waals surface area contributed by atoms with Crippen molar-refractivity contribution in [3.8, 4) is 0 Å². The van der Waals surface area contributed by atoms with E-state index in [-0.39, 0.29) is 27.2 Å². The lowest BCUT2D eigenvalue weighted by Gasteiger charge is -2.07. The minimum absolute atomic E-state index is 0.0350. The maximum atomic E-state index is 12.3. The molecule has 0 aliphatic carbocycles. The number of ketones is 1. The van der Waals surface area contributed by atoms with E-state index in [2.05, 4.69) is 20.9 Å². The van der Waals surface area contributed by atoms with Crippen molar-refractivity contribution in [3.05, 3.63) is 35.5 Å². The summed E-state index contributed by atoms with van der Waals surface area (Å²) >= 11 is 2.99. The molecular weight excluding hydrogens is 413 g/mol. The molecule has 24 heavy (non-hydrogen) atoms. The molecule has 0 aliphatic rings. The van der Waals surface area contributed by atoms with Gasteiger partial charge in [-0.15, -0.1) is 0 Å². The monoisotopic (exact) mass is 427 g/mol. The van der Waals surface area contributed by atoms with Crippen LogP contribution in [0.4, 0.5) is 18.9 Å². The minimum Gasteiger partial charge on any atom is -0.395 e. The molecule has 0 aliphatic heterocycles. The van der Waals surface area contributed by atoms with Gasteiger partial charge in [-0.05, 0) is 25.1 Å². The highest BCUT2D eigenvalue weighted by Crippen LogP contribution is 2.27. The highest BCUT2D eigenvalue weighted by molar-refractivity contribution is 9.09. The minimum atomic E-state index is -4.66. The van der Waals surface area contributed by atoms with E-state index in [9.17, 15) is 26.7 Å². The van der Waals surface area contributed by atoms with Crippen LogP contribution >= 0.6 is 15.9 Å². The predicted molar refractivity (Wildman–Crippen MR) is 90.5 cm³/mol. The summed E-state index contributed by atoms with van der Waals surface area (Å²) in [4.78, 5) is 15.5. The van der Waals surface area contributed by atoms with Crippen LogP contribution in [0.2, 0.25) is 0 Å². The smallest absolute Gasteiger partial charge is 0.395 e. The third-order valence-corrected chi connectivity index (χ3v) is 5.24. The molecule has 3 N–H and O–H groups in total. The highest BCUT2D eigenvalue weighted by atomic mass is 79.9. The average molecular weight is 428 g/mol. The van der Waals surface area contributed by atoms with Crippen LogP contribution in [0, 0.1) is 0 Å². The van der Waals surface area contributed by atoms with Crippen molar-refractivity contribution in [2.24, 2.45) is 10.7 Å². The van der Waals surface area contributed by atoms with Gasteiger partial charge in [0.2, 0.25) is 15.1 Å². The lowest BCUT2D eigenvalue weighted by Crippen LogP contribution is -2.19. The molecule has 5 nitrogen and oxygen atoms in total. The van der Waals surface area contributed by atoms with E-state index in [0.717, 1.165) is 6.21 Å². The highest BCUT2D eigenvalue weighted by Gasteiger charge is 2.32. The molecule has 1 unspecified atom stereocenters. The van der Waals surface area contributed by atoms with Crippen LogP contribution < -0.4 is 5.73 Å². The van der Waals surface area contributed by atoms with E-state index >= 15 is 0 Å². The summed E-state index contributed by atoms with van der Waals surface area (Å²) in [5, 5.41) is -0.0350. The van der Waals surface area contributed by atoms with Gasteiger partial charge in [0.15, 0.2) is 5.78 Å². The summed E-state index contributed by atoms with van der Waals surface area (Å²) < 4.78 is 59.0. The normalized spacial score (nSPS) is 15.5. The fraction of sp³-hybridized carbons (Fsp3) is 0.286. The first-order valence-electron chi connectivity index (χ1n) is 6.57. The molecule has 0 aromatic heterocycles. The fourth-order valence-corrected chi connectivity index (χ4v) is 3.05. The van der Waals surface area contributed by atoms with Gasteiger partial charge in [0, 0.05) is 12.3 Å². The first kappa shape index (κ1) is 20.5. The molecular formula is C14H15BrF3N2O3S+. The van der Waals surface area contributed by atoms with Crippen molar-refractivity contribution in [2.75, 3.05) is 11.1 Å². The Morgan fingerprint density at radius 3 is 2.58 bits per heavy atom. The summed E-state index contributed by atoms with van der Waals surface area (Å²) in [6.45, 7) is 1.48. The Labute approximate surface area is 146 Å². The third kappa shape index (κ3) is 5.25. The molecule has 0 fully saturated rings. The van der Waals surface area contributed by atoms with Crippen LogP contribution in [0.5, 0.6) is 0 Å². The van der Waals surface area contributed by atoms with E-state index < -0.39 is 27.9 Å². The largest absolute Gasteiger partial charge is 0.430 e. The zero-order chi connectivity index (χ0) is 18.5. The Morgan fingerprint density at radius 2 is 2.08 bits per heavy atom. The van der Waals surface area contributed by atoms with Gasteiger partial charge in [-0.1, -0.05) is 20.1 Å². The molecule has 10 heteroatoms. The predicted octanol–water partition coefficient (Wildman–Crippen LogP) is 3.72. The number of benzene rings is 1. The Bertz CT molecular complexity index is 732. The average Bonchev–Trinajstić information content (AvgIpc) is 2.53. The van der Waals surface area contributed by atoms with Gasteiger partial charge in [0.1, 0.15) is 11.4 Å². The lowest BCUT2D eigenvalue weighted by atomic mass is 10.1. The van der Waals surface area contributed by atoms with Gasteiger partial charge < -0.3 is 5.73 Å². The Morgan fingerprint density at radius 1 is 1.46 bits per heavy atom. The van der Waals surface area contributed by atoms with Gasteiger partial charge in [-0.25, -0.2) is 0 Å². The van der Waals surface area contributed by atoms with Crippen molar-refractivity contribution < 1.29 is 26.7 Å². The summed E-state index contributed by atoms with van der Waals surface area (Å²) in [6.07, 6.45) is -3.25. The molecule has 1 aromatic carbocycles. The second kappa shape index (κ2) is 8.04. The second-order valence-corrected chi connectivity index (χ2v) is 7.42. The SMILES string of the molecule is CC[S+](=O)(O)c1cc(N=CC=C(N)C(F)(F)F)ccc1C(=O)CBr. The third-order valence-electron chi connectivity index (χ3n) is 2.93. The van der Waals surface area contributed by atoms with Crippen molar-refractivity contribution in [1.29, 1.82) is 0 Å². The number of nitrogens with two attached hydrogens (primary N) is 1. The van der Waals surface area contributed by atoms with Gasteiger partial charge in [0.05, 0.1) is 16.6 Å². The maximum Gasteiger partial charge on any atom is 0.430 e. The zero-order valence-electron chi connectivity index (χ0n) is 12.5. The molecule has 0 radical (unpaired) electrons. The molecule has 0 bridgehead atoms. The number of hydrogen-bond donors (Lipinski definition) is 2. The van der Waals surface area contributed by atoms with Crippen LogP contribution in [-0.2, 0) is 14.4 Å². The number of halogens is 4. The first-order valence-corrected chi connectivity index (χ1v) is 9.38. The number of Topliss-reactive ketones (excluding diaryl/α,β-unsaturated/α-hetero) is 1. The van der Waals surface area contributed by atoms with E-state index in [1.165, 1.54) is 25.1 Å². The lowest BCUT2D eigenvalue weighted by molar-refractivity contribution is -0.0925. The summed E-state index contributed by atoms with van der Waals surface area (Å²) in [7, 11) is -3.46. The maximum absolute atomic E-state index is 12.3. The first-order chi connectivity index (χ1) is 11.0. The second-order valence-electron chi connectivity index (χ2n) is 4.56. The van der Waals surface area contributed by atoms with E-state index in [4.69, 9.17) is 5.73 Å². The number of allylic oxidation sites excluding steroid dienone is 2. The molecule has 0 amide bonds. The zero-order valence-corrected chi connectivity index (χ0v) is 14.9. The van der Waals surface area contributed by atoms with Crippen molar-refractivity contribution >= 4 is 43.8 Å². The molecule has 1 atom stereocenters. The summed E-state index contributed by atoms with van der Waals surface area (Å²) in [5.41, 5.74) is 3.69. The number of alkyl halides is 4. The van der Waals surface area contributed by atoms with Crippen LogP contribution in [-0.4, -0.2) is 33.8 Å². The molecule has 132 valence electrons. The van der Waals surface area contributed by atoms with Crippen molar-refractivity contribution in [3.63, 3.8) is 0 Å². The number of hydrogen-bond acceptors (Lipinski definition) is 4. The standard InChI is InChI=1S/C14H14BrF3N2O3S/c1-2-24(22,23)12-7-9(3-4-10(12)11(21)8-15)20-6-5-13(19)14(16,17)18/h3-7H,2,8H2,1H3,(H2-,19,20,21,22,23)/p+1. The van der Waals surface area contributed by atoms with E-state index in [1.54, 1.807) is 0 Å². The molecule has 1 aromatic rings. The quantitative estimate of drug-likeness (QED) is 0.313. The van der Waals surface area contributed by atoms with E-state index in [1.807, 2.05) is 0 Å². The number of nitrogens with zero attached hydrogens (tertiary/aromatic N) is 1. The molecule has 0 saturated carbocycles. The number of rotatable bonds is 6. The molecule has 0 heterocycles. The summed E-state index contributed by atoms with van der Waals surface area (Å²) in [6, 6.07) is 3.88. The van der Waals surface area contributed by atoms with Crippen LogP contribution in [0.25, 0.3) is 0 Å². The van der Waals surface area contributed by atoms with Gasteiger partial charge in [-0.3, -0.25) is 9.79 Å². The number of carbonyl (C=O) groups is 1. The Balaban J connectivity index is 3.28. The molecule has 0 saturated heterocycles. The number of aliphatic imine (C=N–C) groups is 1. The van der Waals surface area contributed by atoms with E-state index in [0.29, 0.717) is 6.08 Å². The van der Waals surface area contributed by atoms with Crippen LogP contribution in [0.1, 0.15) is 17.3 Å². The van der Waals surface area contributed by atoms with Gasteiger partial charge >= 0.3 is 6.18 Å². The summed E-state index contributed by atoms with van der Waals surface area (Å²) in [5.74, 6) is -0.513. The number of carbonyl (C=O) groups excluding carboxylic acids is 1. The Kier molecular flexibility index (Phi) is 6.87.